The van der Waals surface area contributed by atoms with Gasteiger partial charge in [0, 0.05) is 32.1 Å². The quantitative estimate of drug-likeness (QED) is 0.606. The van der Waals surface area contributed by atoms with Gasteiger partial charge in [0.05, 0.1) is 0 Å². The van der Waals surface area contributed by atoms with Gasteiger partial charge in [-0.15, -0.1) is 0 Å². The summed E-state index contributed by atoms with van der Waals surface area (Å²) >= 11 is 5.26. The zero-order chi connectivity index (χ0) is 19.5. The molecule has 1 aromatic rings. The number of rotatable bonds is 3. The van der Waals surface area contributed by atoms with E-state index < -0.39 is 0 Å². The summed E-state index contributed by atoms with van der Waals surface area (Å²) in [6, 6.07) is 0. The Morgan fingerprint density at radius 1 is 1.21 bits per heavy atom. The highest BCUT2D eigenvalue weighted by Crippen LogP contribution is 2.62. The number of aromatic amines is 1. The van der Waals surface area contributed by atoms with Crippen molar-refractivity contribution < 1.29 is 4.79 Å². The molecule has 4 aliphatic carbocycles. The van der Waals surface area contributed by atoms with Gasteiger partial charge in [-0.25, -0.2) is 0 Å². The molecule has 152 valence electrons. The predicted molar refractivity (Wildman–Crippen MR) is 111 cm³/mol. The van der Waals surface area contributed by atoms with E-state index in [9.17, 15) is 4.79 Å². The number of carbonyl (C=O) groups excluding carboxylic acids is 1. The zero-order valence-corrected chi connectivity index (χ0v) is 17.9. The molecule has 1 aromatic heterocycles. The fraction of sp³-hybridized carbons (Fsp3) is 0.773. The first-order chi connectivity index (χ1) is 13.4. The van der Waals surface area contributed by atoms with Crippen LogP contribution in [0.1, 0.15) is 70.0 Å². The molecule has 28 heavy (non-hydrogen) atoms. The molecule has 1 unspecified atom stereocenters. The fourth-order valence-corrected chi connectivity index (χ4v) is 7.27. The average Bonchev–Trinajstić information content (AvgIpc) is 2.99. The van der Waals surface area contributed by atoms with Gasteiger partial charge in [0.2, 0.25) is 5.91 Å². The van der Waals surface area contributed by atoms with E-state index in [-0.39, 0.29) is 11.8 Å². The predicted octanol–water partition coefficient (Wildman–Crippen LogP) is 4.35. The number of H-pyrrole nitrogens is 1. The first kappa shape index (κ1) is 18.6. The minimum atomic E-state index is 0.203. The maximum absolute atomic E-state index is 13.2. The standard InChI is InChI=1S/C22H32N4OS/c1-14(22-10-15-7-16(11-22)9-17(8-15)12-22)6-19(27)26-5-3-4-18(13-26)20-23-24-21(28)25(20)2/h6,15-18H,3-5,7-13H2,1-2H3,(H,24,28). The number of amides is 1. The van der Waals surface area contributed by atoms with Crippen LogP contribution in [0, 0.1) is 27.9 Å². The van der Waals surface area contributed by atoms with Crippen LogP contribution in [0.15, 0.2) is 11.6 Å². The monoisotopic (exact) mass is 400 g/mol. The van der Waals surface area contributed by atoms with E-state index in [1.807, 2.05) is 22.6 Å². The summed E-state index contributed by atoms with van der Waals surface area (Å²) in [4.78, 5) is 15.2. The zero-order valence-electron chi connectivity index (χ0n) is 17.1. The maximum atomic E-state index is 13.2. The van der Waals surface area contributed by atoms with Crippen LogP contribution in [0.4, 0.5) is 0 Å². The van der Waals surface area contributed by atoms with E-state index in [2.05, 4.69) is 17.1 Å². The maximum Gasteiger partial charge on any atom is 0.246 e. The molecule has 1 aliphatic heterocycles. The van der Waals surface area contributed by atoms with Crippen LogP contribution >= 0.6 is 12.2 Å². The number of nitrogens with zero attached hydrogens (tertiary/aromatic N) is 3. The topological polar surface area (TPSA) is 53.9 Å². The molecular formula is C22H32N4OS. The van der Waals surface area contributed by atoms with Crippen molar-refractivity contribution in [3.63, 3.8) is 0 Å². The summed E-state index contributed by atoms with van der Waals surface area (Å²) < 4.78 is 2.60. The van der Waals surface area contributed by atoms with Gasteiger partial charge in [-0.1, -0.05) is 5.57 Å². The van der Waals surface area contributed by atoms with Crippen LogP contribution in [-0.2, 0) is 11.8 Å². The van der Waals surface area contributed by atoms with Crippen LogP contribution in [0.25, 0.3) is 0 Å². The number of carbonyl (C=O) groups is 1. The van der Waals surface area contributed by atoms with Crippen molar-refractivity contribution in [1.29, 1.82) is 0 Å². The number of piperidine rings is 1. The summed E-state index contributed by atoms with van der Waals surface area (Å²) in [5.74, 6) is 4.19. The molecule has 2 heterocycles. The van der Waals surface area contributed by atoms with E-state index in [1.54, 1.807) is 0 Å². The molecule has 5 aliphatic rings. The molecule has 6 rings (SSSR count). The molecule has 1 saturated heterocycles. The van der Waals surface area contributed by atoms with Crippen molar-refractivity contribution in [3.8, 4) is 0 Å². The first-order valence-electron chi connectivity index (χ1n) is 11.0. The highest BCUT2D eigenvalue weighted by Gasteiger charge is 2.51. The van der Waals surface area contributed by atoms with Crippen molar-refractivity contribution in [1.82, 2.24) is 19.7 Å². The van der Waals surface area contributed by atoms with Gasteiger partial charge in [-0.05, 0) is 93.7 Å². The average molecular weight is 401 g/mol. The third-order valence-electron chi connectivity index (χ3n) is 8.23. The van der Waals surface area contributed by atoms with E-state index in [0.29, 0.717) is 10.2 Å². The van der Waals surface area contributed by atoms with Gasteiger partial charge in [0.15, 0.2) is 4.77 Å². The molecule has 1 atom stereocenters. The second-order valence-electron chi connectivity index (χ2n) is 10.1. The lowest BCUT2D eigenvalue weighted by Gasteiger charge is -2.57. The van der Waals surface area contributed by atoms with Gasteiger partial charge in [-0.2, -0.15) is 5.10 Å². The summed E-state index contributed by atoms with van der Waals surface area (Å²) in [6.07, 6.45) is 12.4. The summed E-state index contributed by atoms with van der Waals surface area (Å²) in [5.41, 5.74) is 1.68. The number of nitrogens with one attached hydrogen (secondary N) is 1. The molecular weight excluding hydrogens is 368 g/mol. The first-order valence-corrected chi connectivity index (χ1v) is 11.4. The van der Waals surface area contributed by atoms with Crippen molar-refractivity contribution in [2.75, 3.05) is 13.1 Å². The molecule has 0 radical (unpaired) electrons. The third kappa shape index (κ3) is 3.08. The van der Waals surface area contributed by atoms with Gasteiger partial charge < -0.3 is 9.47 Å². The Morgan fingerprint density at radius 2 is 1.86 bits per heavy atom. The Balaban J connectivity index is 1.32. The van der Waals surface area contributed by atoms with Crippen LogP contribution in [-0.4, -0.2) is 38.7 Å². The van der Waals surface area contributed by atoms with E-state index >= 15 is 0 Å². The lowest BCUT2D eigenvalue weighted by atomic mass is 9.48. The van der Waals surface area contributed by atoms with Crippen molar-refractivity contribution in [3.05, 3.63) is 22.2 Å². The Labute approximate surface area is 172 Å². The minimum Gasteiger partial charge on any atom is -0.338 e. The van der Waals surface area contributed by atoms with Gasteiger partial charge >= 0.3 is 0 Å². The van der Waals surface area contributed by atoms with E-state index in [4.69, 9.17) is 12.2 Å². The smallest absolute Gasteiger partial charge is 0.246 e. The van der Waals surface area contributed by atoms with Crippen LogP contribution in [0.5, 0.6) is 0 Å². The van der Waals surface area contributed by atoms with Crippen LogP contribution in [0.3, 0.4) is 0 Å². The highest BCUT2D eigenvalue weighted by atomic mass is 32.1. The van der Waals surface area contributed by atoms with Crippen LogP contribution < -0.4 is 0 Å². The number of allylic oxidation sites excluding steroid dienone is 1. The fourth-order valence-electron chi connectivity index (χ4n) is 7.14. The molecule has 0 aromatic carbocycles. The largest absolute Gasteiger partial charge is 0.338 e. The minimum absolute atomic E-state index is 0.203. The van der Waals surface area contributed by atoms with Crippen molar-refractivity contribution in [2.24, 2.45) is 30.2 Å². The molecule has 5 fully saturated rings. The molecule has 6 heteroatoms. The highest BCUT2D eigenvalue weighted by molar-refractivity contribution is 7.71. The number of likely N-dealkylation sites (tertiary alicyclic amines) is 1. The second-order valence-corrected chi connectivity index (χ2v) is 10.5. The number of hydrogen-bond acceptors (Lipinski definition) is 3. The molecule has 1 N–H and O–H groups in total. The van der Waals surface area contributed by atoms with Crippen molar-refractivity contribution in [2.45, 2.75) is 64.2 Å². The summed E-state index contributed by atoms with van der Waals surface area (Å²) in [6.45, 7) is 3.84. The van der Waals surface area contributed by atoms with E-state index in [1.165, 1.54) is 44.1 Å². The van der Waals surface area contributed by atoms with Gasteiger partial charge in [0.25, 0.3) is 0 Å². The normalized spacial score (nSPS) is 37.5. The Kier molecular flexibility index (Phi) is 4.53. The SMILES string of the molecule is CC(=CC(=O)N1CCCC(c2n[nH]c(=S)n2C)C1)C12CC3CC(CC(C3)C1)C2. The number of aromatic nitrogens is 3. The second kappa shape index (κ2) is 6.82. The van der Waals surface area contributed by atoms with Gasteiger partial charge in [0.1, 0.15) is 5.82 Å². The van der Waals surface area contributed by atoms with Gasteiger partial charge in [-0.3, -0.25) is 9.89 Å². The molecule has 0 spiro atoms. The Morgan fingerprint density at radius 3 is 2.43 bits per heavy atom. The summed E-state index contributed by atoms with van der Waals surface area (Å²) in [5, 5.41) is 7.30. The third-order valence-corrected chi connectivity index (χ3v) is 8.59. The molecule has 1 amide bonds. The van der Waals surface area contributed by atoms with Crippen LogP contribution in [0.2, 0.25) is 0 Å². The Hall–Kier alpha value is -1.43. The van der Waals surface area contributed by atoms with E-state index in [0.717, 1.165) is 49.5 Å². The lowest BCUT2D eigenvalue weighted by molar-refractivity contribution is -0.127. The summed E-state index contributed by atoms with van der Waals surface area (Å²) in [7, 11) is 1.96. The molecule has 4 bridgehead atoms. The van der Waals surface area contributed by atoms with Crippen molar-refractivity contribution >= 4 is 18.1 Å². The molecule has 5 nitrogen and oxygen atoms in total. The number of hydrogen-bond donors (Lipinski definition) is 1. The Bertz CT molecular complexity index is 831. The lowest BCUT2D eigenvalue weighted by Crippen LogP contribution is -2.47. The molecule has 4 saturated carbocycles.